The molecule has 0 unspecified atom stereocenters. The van der Waals surface area contributed by atoms with Gasteiger partial charge < -0.3 is 0 Å². The summed E-state index contributed by atoms with van der Waals surface area (Å²) >= 11 is 0. The van der Waals surface area contributed by atoms with E-state index in [2.05, 4.69) is 26.2 Å². The van der Waals surface area contributed by atoms with E-state index in [0.717, 1.165) is 0 Å². The Hall–Kier alpha value is 3.22. The van der Waals surface area contributed by atoms with Crippen molar-refractivity contribution in [3.8, 4) is 0 Å². The Morgan fingerprint density at radius 2 is 0.941 bits per heavy atom. The van der Waals surface area contributed by atoms with Crippen LogP contribution < -0.4 is 0 Å². The minimum absolute atomic E-state index is 0.626. The summed E-state index contributed by atoms with van der Waals surface area (Å²) in [6, 6.07) is 0. The van der Waals surface area contributed by atoms with E-state index in [1.54, 1.807) is 0 Å². The van der Waals surface area contributed by atoms with Crippen molar-refractivity contribution in [1.82, 2.24) is 0 Å². The molecule has 0 amide bonds. The molecule has 0 fully saturated rings. The van der Waals surface area contributed by atoms with Crippen LogP contribution in [0.25, 0.3) is 0 Å². The molecule has 0 aliphatic heterocycles. The Morgan fingerprint density at radius 1 is 0.706 bits per heavy atom. The molecule has 11 heteroatoms. The molecule has 0 rings (SSSR count). The quantitative estimate of drug-likeness (QED) is 0.404. The van der Waals surface area contributed by atoms with Gasteiger partial charge in [0.15, 0.2) is 0 Å². The molecule has 1 nitrogen and oxygen atoms in total. The SMILES string of the molecule is C[Si](C)([CH2][Ge]([Cl])([Cl])[Cl])O[Si](C)(C)[CH2][Ge]([Cl])([Cl])[Cl]. The van der Waals surface area contributed by atoms with E-state index < -0.39 is 37.6 Å². The molecule has 0 aromatic rings. The molecular weight excluding hydrogens is 502 g/mol. The van der Waals surface area contributed by atoms with Crippen LogP contribution in [-0.4, -0.2) is 37.6 Å². The zero-order valence-electron chi connectivity index (χ0n) is 10.1. The van der Waals surface area contributed by atoms with Crippen LogP contribution in [0.4, 0.5) is 0 Å². The predicted octanol–water partition coefficient (Wildman–Crippen LogP) is 5.80. The van der Waals surface area contributed by atoms with Gasteiger partial charge in [-0.2, -0.15) is 0 Å². The third kappa shape index (κ3) is 12.7. The normalized spacial score (nSPS) is 15.2. The van der Waals surface area contributed by atoms with Gasteiger partial charge in [0.2, 0.25) is 0 Å². The Morgan fingerprint density at radius 3 is 1.12 bits per heavy atom. The first-order chi connectivity index (χ1) is 7.12. The van der Waals surface area contributed by atoms with Crippen LogP contribution in [0.3, 0.4) is 0 Å². The van der Waals surface area contributed by atoms with Crippen molar-refractivity contribution < 1.29 is 4.12 Å². The Balaban J connectivity index is 4.59. The van der Waals surface area contributed by atoms with Crippen LogP contribution in [0.1, 0.15) is 0 Å². The van der Waals surface area contributed by atoms with Crippen LogP contribution in [0.2, 0.25) is 35.9 Å². The second kappa shape index (κ2) is 6.99. The van der Waals surface area contributed by atoms with Crippen molar-refractivity contribution in [2.75, 3.05) is 0 Å². The van der Waals surface area contributed by atoms with E-state index in [9.17, 15) is 0 Å². The van der Waals surface area contributed by atoms with Crippen LogP contribution in [0.15, 0.2) is 0 Å². The van der Waals surface area contributed by atoms with Gasteiger partial charge in [0.05, 0.1) is 0 Å². The van der Waals surface area contributed by atoms with E-state index >= 15 is 0 Å². The number of rotatable bonds is 6. The molecule has 0 aromatic carbocycles. The zero-order valence-corrected chi connectivity index (χ0v) is 20.8. The van der Waals surface area contributed by atoms with E-state index in [1.165, 1.54) is 0 Å². The van der Waals surface area contributed by atoms with Crippen LogP contribution in [-0.2, 0) is 4.12 Å². The van der Waals surface area contributed by atoms with Gasteiger partial charge in [-0.1, -0.05) is 0 Å². The third-order valence-electron chi connectivity index (χ3n) is 1.80. The number of halogens is 6. The maximum atomic E-state index is 6.24. The van der Waals surface area contributed by atoms with Gasteiger partial charge >= 0.3 is 138 Å². The van der Waals surface area contributed by atoms with Crippen molar-refractivity contribution in [1.29, 1.82) is 0 Å². The first-order valence-electron chi connectivity index (χ1n) is 4.96. The van der Waals surface area contributed by atoms with Crippen LogP contribution in [0.5, 0.6) is 0 Å². The monoisotopic (exact) mass is 518 g/mol. The van der Waals surface area contributed by atoms with Crippen molar-refractivity contribution >= 4 is 97.6 Å². The fourth-order valence-corrected chi connectivity index (χ4v) is 55.3. The summed E-state index contributed by atoms with van der Waals surface area (Å²) in [5, 5.41) is 0. The Kier molecular flexibility index (Phi) is 8.31. The summed E-state index contributed by atoms with van der Waals surface area (Å²) in [4.78, 5) is 1.25. The molecule has 0 saturated carbocycles. The molecule has 0 aliphatic rings. The van der Waals surface area contributed by atoms with Crippen molar-refractivity contribution in [2.24, 2.45) is 0 Å². The summed E-state index contributed by atoms with van der Waals surface area (Å²) in [5.41, 5.74) is 0. The van der Waals surface area contributed by atoms with Gasteiger partial charge in [0.1, 0.15) is 0 Å². The number of hydrogen-bond acceptors (Lipinski definition) is 1. The van der Waals surface area contributed by atoms with Crippen LogP contribution in [0, 0.1) is 0 Å². The van der Waals surface area contributed by atoms with Crippen molar-refractivity contribution in [3.63, 3.8) is 0 Å². The third-order valence-corrected chi connectivity index (χ3v) is 37.0. The maximum absolute atomic E-state index is 6.24. The summed E-state index contributed by atoms with van der Waals surface area (Å²) in [6.45, 7) is 8.28. The molecule has 0 aliphatic carbocycles. The minimum atomic E-state index is -3.14. The fraction of sp³-hybridized carbons (Fsp3) is 1.00. The summed E-state index contributed by atoms with van der Waals surface area (Å²) in [5.74, 6) is 0. The molecule has 0 aromatic heterocycles. The fourth-order valence-electron chi connectivity index (χ4n) is 1.79. The Labute approximate surface area is 136 Å². The van der Waals surface area contributed by atoms with Crippen LogP contribution >= 0.6 is 60.1 Å². The summed E-state index contributed by atoms with van der Waals surface area (Å²) in [7, 11) is 25.8. The molecule has 0 heterocycles. The van der Waals surface area contributed by atoms with Gasteiger partial charge in [-0.05, 0) is 0 Å². The Bertz CT molecular complexity index is 238. The molecule has 0 bridgehead atoms. The molecule has 0 spiro atoms. The summed E-state index contributed by atoms with van der Waals surface area (Å²) in [6.07, 6.45) is 0. The van der Waals surface area contributed by atoms with E-state index in [0.29, 0.717) is 9.75 Å². The molecule has 104 valence electrons. The second-order valence-corrected chi connectivity index (χ2v) is 49.5. The van der Waals surface area contributed by atoms with Gasteiger partial charge in [-0.3, -0.25) is 0 Å². The first-order valence-corrected chi connectivity index (χ1v) is 30.7. The molecule has 0 radical (unpaired) electrons. The topological polar surface area (TPSA) is 9.23 Å². The predicted molar refractivity (Wildman–Crippen MR) is 92.3 cm³/mol. The standard InChI is InChI=1S/C6H16Cl6Ge2OSi2/c1-16(2,5-13(7,8)9)15-17(3,4)6-14(10,11)12/h5-6H2,1-4H3. The van der Waals surface area contributed by atoms with Gasteiger partial charge in [-0.25, -0.2) is 0 Å². The molecular formula is C6H16Cl6Ge2OSi2. The van der Waals surface area contributed by atoms with E-state index in [4.69, 9.17) is 64.2 Å². The molecule has 0 saturated heterocycles. The average Bonchev–Trinajstić information content (AvgIpc) is 1.65. The second-order valence-electron chi connectivity index (χ2n) is 5.21. The van der Waals surface area contributed by atoms with Gasteiger partial charge in [0.25, 0.3) is 0 Å². The summed E-state index contributed by atoms with van der Waals surface area (Å²) < 4.78 is 6.24. The van der Waals surface area contributed by atoms with Gasteiger partial charge in [-0.15, -0.1) is 0 Å². The molecule has 0 N–H and O–H groups in total. The van der Waals surface area contributed by atoms with E-state index in [1.807, 2.05) is 0 Å². The molecule has 17 heavy (non-hydrogen) atoms. The molecule has 0 atom stereocenters. The van der Waals surface area contributed by atoms with Gasteiger partial charge in [0, 0.05) is 0 Å². The van der Waals surface area contributed by atoms with Crippen molar-refractivity contribution in [3.05, 3.63) is 0 Å². The average molecular weight is 518 g/mol. The number of hydrogen-bond donors (Lipinski definition) is 0. The van der Waals surface area contributed by atoms with E-state index in [-0.39, 0.29) is 0 Å². The zero-order chi connectivity index (χ0) is 14.1. The van der Waals surface area contributed by atoms with Crippen molar-refractivity contribution in [2.45, 2.75) is 35.9 Å². The first kappa shape index (κ1) is 20.2.